The summed E-state index contributed by atoms with van der Waals surface area (Å²) in [7, 11) is -4.13. The number of benzene rings is 1. The van der Waals surface area contributed by atoms with Crippen molar-refractivity contribution in [2.24, 2.45) is 0 Å². The molecule has 9 nitrogen and oxygen atoms in total. The summed E-state index contributed by atoms with van der Waals surface area (Å²) in [6.07, 6.45) is -3.66. The number of phosphoric acid groups is 1. The molecular weight excluding hydrogens is 301 g/mol. The lowest BCUT2D eigenvalue weighted by Gasteiger charge is -2.27. The maximum atomic E-state index is 11.4. The Morgan fingerprint density at radius 1 is 1.29 bits per heavy atom. The van der Waals surface area contributed by atoms with Crippen LogP contribution in [0.4, 0.5) is 0 Å². The minimum absolute atomic E-state index is 0.132. The molecule has 3 heterocycles. The van der Waals surface area contributed by atoms with Crippen LogP contribution in [0.2, 0.25) is 0 Å². The Kier molecular flexibility index (Phi) is 2.90. The van der Waals surface area contributed by atoms with Gasteiger partial charge in [0.15, 0.2) is 6.23 Å². The molecule has 2 aliphatic rings. The first-order valence-corrected chi connectivity index (χ1v) is 7.84. The molecule has 0 bridgehead atoms. The molecule has 0 radical (unpaired) electrons. The number of aliphatic hydroxyl groups excluding tert-OH is 1. The van der Waals surface area contributed by atoms with Crippen LogP contribution in [0, 0.1) is 0 Å². The number of fused-ring (bicyclic) bond motifs is 2. The molecule has 0 saturated carbocycles. The second kappa shape index (κ2) is 4.57. The Bertz CT molecular complexity index is 703. The Balaban J connectivity index is 1.66. The third kappa shape index (κ3) is 2.18. The SMILES string of the molecule is O=P1(O)OCC2OC(n3nc4ccccc4n3)C(O)[C@@H]2O1. The first kappa shape index (κ1) is 13.3. The third-order valence-corrected chi connectivity index (χ3v) is 4.48. The summed E-state index contributed by atoms with van der Waals surface area (Å²) in [6, 6.07) is 7.22. The topological polar surface area (TPSA) is 116 Å². The standard InChI is InChI=1S/C11H12N3O6P/c15-9-10-8(5-18-21(16,17)20-10)19-11(9)14-12-6-3-1-2-4-7(6)13-14/h1-4,8-11,15H,5H2,(H,16,17)/t8?,9?,10-,11?/m1/s1. The summed E-state index contributed by atoms with van der Waals surface area (Å²) in [5.74, 6) is 0. The molecule has 4 rings (SSSR count). The fraction of sp³-hybridized carbons (Fsp3) is 0.455. The highest BCUT2D eigenvalue weighted by Crippen LogP contribution is 2.52. The maximum Gasteiger partial charge on any atom is 0.472 e. The summed E-state index contributed by atoms with van der Waals surface area (Å²) < 4.78 is 26.6. The highest BCUT2D eigenvalue weighted by atomic mass is 31.2. The lowest BCUT2D eigenvalue weighted by molar-refractivity contribution is -0.0746. The van der Waals surface area contributed by atoms with Gasteiger partial charge in [-0.3, -0.25) is 9.05 Å². The minimum atomic E-state index is -4.13. The number of aromatic nitrogens is 3. The van der Waals surface area contributed by atoms with Crippen LogP contribution in [0.3, 0.4) is 0 Å². The van der Waals surface area contributed by atoms with E-state index in [1.165, 1.54) is 4.80 Å². The van der Waals surface area contributed by atoms with Crippen molar-refractivity contribution in [2.75, 3.05) is 6.61 Å². The molecule has 1 aromatic carbocycles. The van der Waals surface area contributed by atoms with Crippen LogP contribution in [-0.4, -0.2) is 49.9 Å². The van der Waals surface area contributed by atoms with Crippen LogP contribution >= 0.6 is 7.82 Å². The van der Waals surface area contributed by atoms with E-state index in [4.69, 9.17) is 9.26 Å². The van der Waals surface area contributed by atoms with E-state index < -0.39 is 32.4 Å². The van der Waals surface area contributed by atoms with Gasteiger partial charge in [0.2, 0.25) is 0 Å². The Morgan fingerprint density at radius 2 is 1.95 bits per heavy atom. The molecule has 112 valence electrons. The molecular formula is C11H12N3O6P. The predicted octanol–water partition coefficient (Wildman–Crippen LogP) is 0.205. The molecule has 10 heteroatoms. The predicted molar refractivity (Wildman–Crippen MR) is 68.1 cm³/mol. The van der Waals surface area contributed by atoms with Crippen molar-refractivity contribution in [2.45, 2.75) is 24.5 Å². The van der Waals surface area contributed by atoms with Crippen molar-refractivity contribution in [3.05, 3.63) is 24.3 Å². The van der Waals surface area contributed by atoms with Crippen LogP contribution in [0.25, 0.3) is 11.0 Å². The zero-order chi connectivity index (χ0) is 14.6. The number of ether oxygens (including phenoxy) is 1. The zero-order valence-corrected chi connectivity index (χ0v) is 11.5. The van der Waals surface area contributed by atoms with Gasteiger partial charge in [-0.15, -0.1) is 0 Å². The molecule has 2 aliphatic heterocycles. The van der Waals surface area contributed by atoms with Crippen molar-refractivity contribution >= 4 is 18.9 Å². The Labute approximate surface area is 118 Å². The molecule has 4 unspecified atom stereocenters. The van der Waals surface area contributed by atoms with Crippen molar-refractivity contribution in [1.82, 2.24) is 15.0 Å². The number of hydrogen-bond donors (Lipinski definition) is 2. The van der Waals surface area contributed by atoms with Crippen molar-refractivity contribution in [1.29, 1.82) is 0 Å². The van der Waals surface area contributed by atoms with E-state index in [1.54, 1.807) is 12.1 Å². The monoisotopic (exact) mass is 313 g/mol. The first-order chi connectivity index (χ1) is 10.0. The van der Waals surface area contributed by atoms with Crippen LogP contribution in [0.5, 0.6) is 0 Å². The van der Waals surface area contributed by atoms with Gasteiger partial charge < -0.3 is 14.7 Å². The number of rotatable bonds is 1. The summed E-state index contributed by atoms with van der Waals surface area (Å²) in [5, 5.41) is 18.7. The van der Waals surface area contributed by atoms with Crippen molar-refractivity contribution in [3.8, 4) is 0 Å². The normalized spacial score (nSPS) is 39.5. The van der Waals surface area contributed by atoms with Gasteiger partial charge in [-0.2, -0.15) is 15.0 Å². The van der Waals surface area contributed by atoms with E-state index in [1.807, 2.05) is 12.1 Å². The summed E-state index contributed by atoms with van der Waals surface area (Å²) in [4.78, 5) is 10.6. The summed E-state index contributed by atoms with van der Waals surface area (Å²) >= 11 is 0. The van der Waals surface area contributed by atoms with Gasteiger partial charge >= 0.3 is 7.82 Å². The molecule has 0 aliphatic carbocycles. The molecule has 21 heavy (non-hydrogen) atoms. The zero-order valence-electron chi connectivity index (χ0n) is 10.6. The third-order valence-electron chi connectivity index (χ3n) is 3.50. The maximum absolute atomic E-state index is 11.4. The smallest absolute Gasteiger partial charge is 0.385 e. The molecule has 2 fully saturated rings. The molecule has 2 aromatic rings. The average Bonchev–Trinajstić information content (AvgIpc) is 3.00. The molecule has 2 N–H and O–H groups in total. The van der Waals surface area contributed by atoms with E-state index in [9.17, 15) is 14.6 Å². The number of aliphatic hydroxyl groups is 1. The van der Waals surface area contributed by atoms with Gasteiger partial charge in [-0.05, 0) is 12.1 Å². The quantitative estimate of drug-likeness (QED) is 0.718. The second-order valence-corrected chi connectivity index (χ2v) is 6.31. The lowest BCUT2D eigenvalue weighted by atomic mass is 10.1. The van der Waals surface area contributed by atoms with Crippen LogP contribution in [-0.2, 0) is 18.3 Å². The summed E-state index contributed by atoms with van der Waals surface area (Å²) in [6.45, 7) is -0.132. The van der Waals surface area contributed by atoms with Gasteiger partial charge in [-0.25, -0.2) is 4.57 Å². The van der Waals surface area contributed by atoms with Gasteiger partial charge in [0.05, 0.1) is 6.61 Å². The van der Waals surface area contributed by atoms with Crippen LogP contribution < -0.4 is 0 Å². The largest absolute Gasteiger partial charge is 0.472 e. The van der Waals surface area contributed by atoms with E-state index >= 15 is 0 Å². The van der Waals surface area contributed by atoms with Crippen LogP contribution in [0.1, 0.15) is 6.23 Å². The highest BCUT2D eigenvalue weighted by Gasteiger charge is 2.53. The summed E-state index contributed by atoms with van der Waals surface area (Å²) in [5.41, 5.74) is 1.32. The number of phosphoric ester groups is 1. The van der Waals surface area contributed by atoms with E-state index in [2.05, 4.69) is 14.7 Å². The van der Waals surface area contributed by atoms with Crippen molar-refractivity contribution < 1.29 is 28.3 Å². The van der Waals surface area contributed by atoms with Gasteiger partial charge in [-0.1, -0.05) is 12.1 Å². The lowest BCUT2D eigenvalue weighted by Crippen LogP contribution is -2.39. The second-order valence-electron chi connectivity index (χ2n) is 4.90. The Morgan fingerprint density at radius 3 is 2.62 bits per heavy atom. The number of nitrogens with zero attached hydrogens (tertiary/aromatic N) is 3. The van der Waals surface area contributed by atoms with Gasteiger partial charge in [0, 0.05) is 0 Å². The molecule has 2 saturated heterocycles. The molecule has 0 spiro atoms. The van der Waals surface area contributed by atoms with Crippen molar-refractivity contribution in [3.63, 3.8) is 0 Å². The number of hydrogen-bond acceptors (Lipinski definition) is 7. The van der Waals surface area contributed by atoms with E-state index in [0.29, 0.717) is 11.0 Å². The molecule has 0 amide bonds. The fourth-order valence-electron chi connectivity index (χ4n) is 2.52. The van der Waals surface area contributed by atoms with Gasteiger partial charge in [0.25, 0.3) is 0 Å². The first-order valence-electron chi connectivity index (χ1n) is 6.34. The van der Waals surface area contributed by atoms with E-state index in [-0.39, 0.29) is 6.61 Å². The highest BCUT2D eigenvalue weighted by molar-refractivity contribution is 7.47. The van der Waals surface area contributed by atoms with Crippen LogP contribution in [0.15, 0.2) is 24.3 Å². The van der Waals surface area contributed by atoms with E-state index in [0.717, 1.165) is 0 Å². The Hall–Kier alpha value is -1.35. The fourth-order valence-corrected chi connectivity index (χ4v) is 3.48. The van der Waals surface area contributed by atoms with Gasteiger partial charge in [0.1, 0.15) is 29.3 Å². The minimum Gasteiger partial charge on any atom is -0.385 e. The molecule has 1 aromatic heterocycles. The average molecular weight is 313 g/mol. The molecule has 5 atom stereocenters.